The molecular weight excluding hydrogens is 250 g/mol. The highest BCUT2D eigenvalue weighted by Gasteiger charge is 2.05. The van der Waals surface area contributed by atoms with Crippen molar-refractivity contribution in [2.45, 2.75) is 45.4 Å². The lowest BCUT2D eigenvalue weighted by atomic mass is 10.1. The third-order valence-corrected chi connectivity index (χ3v) is 2.93. The number of hydrogen-bond donors (Lipinski definition) is 1. The lowest BCUT2D eigenvalue weighted by Crippen LogP contribution is -2.03. The van der Waals surface area contributed by atoms with Gasteiger partial charge in [-0.05, 0) is 6.42 Å². The van der Waals surface area contributed by atoms with Crippen LogP contribution >= 0.6 is 11.6 Å². The first-order chi connectivity index (χ1) is 8.77. The predicted octanol–water partition coefficient (Wildman–Crippen LogP) is 3.91. The van der Waals surface area contributed by atoms with Crippen LogP contribution in [0.4, 0.5) is 5.95 Å². The Kier molecular flexibility index (Phi) is 7.49. The van der Waals surface area contributed by atoms with Crippen LogP contribution in [0.15, 0.2) is 6.20 Å². The van der Waals surface area contributed by atoms with Gasteiger partial charge in [0.05, 0.1) is 12.8 Å². The van der Waals surface area contributed by atoms with Crippen molar-refractivity contribution >= 4 is 17.5 Å². The Labute approximate surface area is 114 Å². The monoisotopic (exact) mass is 271 g/mol. The molecule has 0 aliphatic rings. The zero-order chi connectivity index (χ0) is 13.2. The van der Waals surface area contributed by atoms with Gasteiger partial charge in [0.2, 0.25) is 11.8 Å². The average molecular weight is 272 g/mol. The van der Waals surface area contributed by atoms with Gasteiger partial charge in [0.15, 0.2) is 0 Å². The summed E-state index contributed by atoms with van der Waals surface area (Å²) < 4.78 is 5.56. The molecule has 1 aromatic rings. The van der Waals surface area contributed by atoms with Gasteiger partial charge in [0.1, 0.15) is 5.02 Å². The Balaban J connectivity index is 2.22. The number of nitrogens with zero attached hydrogens (tertiary/aromatic N) is 2. The Bertz CT molecular complexity index is 347. The van der Waals surface area contributed by atoms with Crippen molar-refractivity contribution in [3.05, 3.63) is 11.2 Å². The summed E-state index contributed by atoms with van der Waals surface area (Å²) in [4.78, 5) is 8.16. The molecule has 1 N–H and O–H groups in total. The van der Waals surface area contributed by atoms with E-state index in [9.17, 15) is 0 Å². The van der Waals surface area contributed by atoms with E-state index in [1.54, 1.807) is 13.2 Å². The van der Waals surface area contributed by atoms with Crippen LogP contribution in [-0.2, 0) is 0 Å². The average Bonchev–Trinajstić information content (AvgIpc) is 2.39. The third-order valence-electron chi connectivity index (χ3n) is 2.67. The normalized spacial score (nSPS) is 10.4. The summed E-state index contributed by atoms with van der Waals surface area (Å²) in [6.07, 6.45) is 8.98. The molecular formula is C13H22ClN3O. The molecule has 18 heavy (non-hydrogen) atoms. The maximum absolute atomic E-state index is 5.96. The van der Waals surface area contributed by atoms with E-state index < -0.39 is 0 Å². The summed E-state index contributed by atoms with van der Waals surface area (Å²) in [5.74, 6) is 0.988. The maximum Gasteiger partial charge on any atom is 0.237 e. The smallest absolute Gasteiger partial charge is 0.237 e. The summed E-state index contributed by atoms with van der Waals surface area (Å²) in [5, 5.41) is 3.32. The molecule has 0 aliphatic heterocycles. The molecule has 0 radical (unpaired) electrons. The third kappa shape index (κ3) is 5.54. The van der Waals surface area contributed by atoms with Crippen LogP contribution in [0.2, 0.25) is 5.02 Å². The first-order valence-corrected chi connectivity index (χ1v) is 6.98. The summed E-state index contributed by atoms with van der Waals surface area (Å²) >= 11 is 5.96. The largest absolute Gasteiger partial charge is 0.476 e. The van der Waals surface area contributed by atoms with Crippen LogP contribution in [0.3, 0.4) is 0 Å². The maximum atomic E-state index is 5.96. The fraction of sp³-hybridized carbons (Fsp3) is 0.692. The van der Waals surface area contributed by atoms with Gasteiger partial charge in [-0.25, -0.2) is 4.98 Å². The van der Waals surface area contributed by atoms with Crippen molar-refractivity contribution in [3.8, 4) is 5.88 Å². The van der Waals surface area contributed by atoms with E-state index in [1.807, 2.05) is 0 Å². The molecule has 0 atom stereocenters. The molecule has 0 spiro atoms. The standard InChI is InChI=1S/C13H22ClN3O/c1-3-4-5-6-7-8-9-18-12-11(14)10-16-13(15-2)17-12/h10H,3-9H2,1-2H3,(H,15,16,17). The van der Waals surface area contributed by atoms with E-state index in [0.717, 1.165) is 6.42 Å². The predicted molar refractivity (Wildman–Crippen MR) is 75.5 cm³/mol. The van der Waals surface area contributed by atoms with Gasteiger partial charge in [-0.2, -0.15) is 4.98 Å². The van der Waals surface area contributed by atoms with Crippen molar-refractivity contribution in [2.24, 2.45) is 0 Å². The van der Waals surface area contributed by atoms with Crippen LogP contribution in [-0.4, -0.2) is 23.6 Å². The van der Waals surface area contributed by atoms with Crippen LogP contribution in [0.5, 0.6) is 5.88 Å². The van der Waals surface area contributed by atoms with Crippen LogP contribution < -0.4 is 10.1 Å². The van der Waals surface area contributed by atoms with Gasteiger partial charge >= 0.3 is 0 Å². The second kappa shape index (κ2) is 8.97. The number of hydrogen-bond acceptors (Lipinski definition) is 4. The molecule has 0 bridgehead atoms. The number of aromatic nitrogens is 2. The lowest BCUT2D eigenvalue weighted by Gasteiger charge is -2.07. The zero-order valence-corrected chi connectivity index (χ0v) is 12.0. The van der Waals surface area contributed by atoms with Crippen LogP contribution in [0, 0.1) is 0 Å². The quantitative estimate of drug-likeness (QED) is 0.692. The van der Waals surface area contributed by atoms with E-state index in [-0.39, 0.29) is 0 Å². The molecule has 0 aromatic carbocycles. The Hall–Kier alpha value is -1.03. The molecule has 5 heteroatoms. The van der Waals surface area contributed by atoms with Crippen molar-refractivity contribution in [2.75, 3.05) is 19.0 Å². The molecule has 0 aliphatic carbocycles. The first kappa shape index (κ1) is 15.0. The molecule has 1 heterocycles. The highest BCUT2D eigenvalue weighted by Crippen LogP contribution is 2.21. The second-order valence-corrected chi connectivity index (χ2v) is 4.62. The Morgan fingerprint density at radius 2 is 1.94 bits per heavy atom. The van der Waals surface area contributed by atoms with Gasteiger partial charge in [-0.3, -0.25) is 0 Å². The number of nitrogens with one attached hydrogen (secondary N) is 1. The number of anilines is 1. The number of rotatable bonds is 9. The molecule has 4 nitrogen and oxygen atoms in total. The molecule has 1 rings (SSSR count). The molecule has 0 saturated carbocycles. The molecule has 102 valence electrons. The summed E-state index contributed by atoms with van der Waals surface area (Å²) in [7, 11) is 1.76. The van der Waals surface area contributed by atoms with Crippen molar-refractivity contribution in [1.29, 1.82) is 0 Å². The summed E-state index contributed by atoms with van der Waals surface area (Å²) in [6.45, 7) is 2.88. The van der Waals surface area contributed by atoms with E-state index >= 15 is 0 Å². The van der Waals surface area contributed by atoms with Crippen molar-refractivity contribution < 1.29 is 4.74 Å². The lowest BCUT2D eigenvalue weighted by molar-refractivity contribution is 0.293. The zero-order valence-electron chi connectivity index (χ0n) is 11.2. The molecule has 0 unspecified atom stereocenters. The number of ether oxygens (including phenoxy) is 1. The van der Waals surface area contributed by atoms with Gasteiger partial charge in [0.25, 0.3) is 0 Å². The highest BCUT2D eigenvalue weighted by atomic mass is 35.5. The Morgan fingerprint density at radius 3 is 2.67 bits per heavy atom. The minimum atomic E-state index is 0.458. The Morgan fingerprint density at radius 1 is 1.22 bits per heavy atom. The van der Waals surface area contributed by atoms with Crippen molar-refractivity contribution in [1.82, 2.24) is 9.97 Å². The topological polar surface area (TPSA) is 47.0 Å². The van der Waals surface area contributed by atoms with E-state index in [2.05, 4.69) is 22.2 Å². The van der Waals surface area contributed by atoms with E-state index in [1.165, 1.54) is 32.1 Å². The van der Waals surface area contributed by atoms with E-state index in [0.29, 0.717) is 23.5 Å². The van der Waals surface area contributed by atoms with E-state index in [4.69, 9.17) is 16.3 Å². The van der Waals surface area contributed by atoms with Gasteiger partial charge < -0.3 is 10.1 Å². The minimum absolute atomic E-state index is 0.458. The minimum Gasteiger partial charge on any atom is -0.476 e. The van der Waals surface area contributed by atoms with Gasteiger partial charge in [-0.1, -0.05) is 50.6 Å². The summed E-state index contributed by atoms with van der Waals surface area (Å²) in [6, 6.07) is 0. The fourth-order valence-electron chi connectivity index (χ4n) is 1.62. The van der Waals surface area contributed by atoms with Gasteiger partial charge in [-0.15, -0.1) is 0 Å². The SMILES string of the molecule is CCCCCCCCOc1nc(NC)ncc1Cl. The molecule has 0 amide bonds. The highest BCUT2D eigenvalue weighted by molar-refractivity contribution is 6.31. The fourth-order valence-corrected chi connectivity index (χ4v) is 1.77. The van der Waals surface area contributed by atoms with Crippen LogP contribution in [0.25, 0.3) is 0 Å². The summed E-state index contributed by atoms with van der Waals surface area (Å²) in [5.41, 5.74) is 0. The number of unbranched alkanes of at least 4 members (excludes halogenated alkanes) is 5. The number of halogens is 1. The molecule has 0 saturated heterocycles. The van der Waals surface area contributed by atoms with Crippen molar-refractivity contribution in [3.63, 3.8) is 0 Å². The second-order valence-electron chi connectivity index (χ2n) is 4.21. The first-order valence-electron chi connectivity index (χ1n) is 6.61. The van der Waals surface area contributed by atoms with Crippen LogP contribution in [0.1, 0.15) is 45.4 Å². The molecule has 0 fully saturated rings. The van der Waals surface area contributed by atoms with Gasteiger partial charge in [0, 0.05) is 7.05 Å². The molecule has 1 aromatic heterocycles.